The lowest BCUT2D eigenvalue weighted by Crippen LogP contribution is -2.52. The molecule has 1 unspecified atom stereocenters. The van der Waals surface area contributed by atoms with E-state index in [9.17, 15) is 9.59 Å². The van der Waals surface area contributed by atoms with E-state index < -0.39 is 5.60 Å². The standard InChI is InChI=1S/C26H37N5O4/c1-19(23-27-22(28-35-23)18-20-8-6-5-7-9-20)29-14-16-30(17-15-29)24(32)21-10-12-31(13-11-21)25(33)34-26(2,3)4/h5-9,19,21H,10-18H2,1-4H3. The molecule has 2 amide bonds. The molecule has 1 aromatic heterocycles. The fourth-order valence-corrected chi connectivity index (χ4v) is 4.67. The van der Waals surface area contributed by atoms with Crippen LogP contribution in [0.3, 0.4) is 0 Å². The molecule has 2 aliphatic rings. The number of hydrogen-bond acceptors (Lipinski definition) is 7. The fourth-order valence-electron chi connectivity index (χ4n) is 4.67. The number of ether oxygens (including phenoxy) is 1. The van der Waals surface area contributed by atoms with E-state index in [0.29, 0.717) is 57.2 Å². The number of hydrogen-bond donors (Lipinski definition) is 0. The Morgan fingerprint density at radius 1 is 1.03 bits per heavy atom. The van der Waals surface area contributed by atoms with Gasteiger partial charge in [-0.25, -0.2) is 4.79 Å². The highest BCUT2D eigenvalue weighted by atomic mass is 16.6. The zero-order chi connectivity index (χ0) is 25.0. The Labute approximate surface area is 207 Å². The number of carbonyl (C=O) groups is 2. The molecule has 4 rings (SSSR count). The molecule has 0 saturated carbocycles. The van der Waals surface area contributed by atoms with E-state index in [1.165, 1.54) is 0 Å². The van der Waals surface area contributed by atoms with Gasteiger partial charge in [0.15, 0.2) is 5.82 Å². The number of piperidine rings is 1. The second kappa shape index (κ2) is 10.8. The highest BCUT2D eigenvalue weighted by Crippen LogP contribution is 2.25. The van der Waals surface area contributed by atoms with Gasteiger partial charge in [0.1, 0.15) is 5.60 Å². The van der Waals surface area contributed by atoms with Gasteiger partial charge in [-0.3, -0.25) is 9.69 Å². The van der Waals surface area contributed by atoms with Gasteiger partial charge in [0.2, 0.25) is 11.8 Å². The molecule has 9 heteroatoms. The molecule has 2 aromatic rings. The fraction of sp³-hybridized carbons (Fsp3) is 0.615. The molecular weight excluding hydrogens is 446 g/mol. The maximum absolute atomic E-state index is 13.1. The van der Waals surface area contributed by atoms with Crippen molar-refractivity contribution in [3.05, 3.63) is 47.6 Å². The van der Waals surface area contributed by atoms with Gasteiger partial charge < -0.3 is 19.1 Å². The maximum atomic E-state index is 13.1. The number of carbonyl (C=O) groups excluding carboxylic acids is 2. The van der Waals surface area contributed by atoms with Crippen LogP contribution in [-0.2, 0) is 16.0 Å². The van der Waals surface area contributed by atoms with Gasteiger partial charge in [0, 0.05) is 51.6 Å². The van der Waals surface area contributed by atoms with Crippen molar-refractivity contribution in [1.29, 1.82) is 0 Å². The minimum Gasteiger partial charge on any atom is -0.444 e. The van der Waals surface area contributed by atoms with Crippen molar-refractivity contribution >= 4 is 12.0 Å². The Kier molecular flexibility index (Phi) is 7.74. The first-order chi connectivity index (χ1) is 16.7. The van der Waals surface area contributed by atoms with Gasteiger partial charge in [-0.2, -0.15) is 4.98 Å². The average Bonchev–Trinajstić information content (AvgIpc) is 3.31. The molecule has 1 atom stereocenters. The lowest BCUT2D eigenvalue weighted by molar-refractivity contribution is -0.139. The summed E-state index contributed by atoms with van der Waals surface area (Å²) in [6.45, 7) is 11.7. The van der Waals surface area contributed by atoms with Crippen molar-refractivity contribution in [3.63, 3.8) is 0 Å². The van der Waals surface area contributed by atoms with Crippen LogP contribution in [0.1, 0.15) is 63.9 Å². The van der Waals surface area contributed by atoms with E-state index >= 15 is 0 Å². The van der Waals surface area contributed by atoms with Gasteiger partial charge in [-0.15, -0.1) is 0 Å². The lowest BCUT2D eigenvalue weighted by Gasteiger charge is -2.39. The van der Waals surface area contributed by atoms with Gasteiger partial charge >= 0.3 is 6.09 Å². The number of likely N-dealkylation sites (tertiary alicyclic amines) is 1. The van der Waals surface area contributed by atoms with Crippen LogP contribution in [0.15, 0.2) is 34.9 Å². The van der Waals surface area contributed by atoms with E-state index in [-0.39, 0.29) is 24.0 Å². The third-order valence-corrected chi connectivity index (χ3v) is 6.72. The zero-order valence-corrected chi connectivity index (χ0v) is 21.3. The Balaban J connectivity index is 1.23. The van der Waals surface area contributed by atoms with Crippen LogP contribution in [0, 0.1) is 5.92 Å². The van der Waals surface area contributed by atoms with Crippen LogP contribution < -0.4 is 0 Å². The highest BCUT2D eigenvalue weighted by Gasteiger charge is 2.34. The second-order valence-electron chi connectivity index (χ2n) is 10.5. The van der Waals surface area contributed by atoms with Crippen molar-refractivity contribution in [2.24, 2.45) is 5.92 Å². The third-order valence-electron chi connectivity index (χ3n) is 6.72. The number of nitrogens with zero attached hydrogens (tertiary/aromatic N) is 5. The first-order valence-electron chi connectivity index (χ1n) is 12.6. The normalized spacial score (nSPS) is 19.0. The first-order valence-corrected chi connectivity index (χ1v) is 12.6. The van der Waals surface area contributed by atoms with Gasteiger partial charge in [-0.1, -0.05) is 35.5 Å². The first kappa shape index (κ1) is 25.2. The minimum absolute atomic E-state index is 0.00124. The van der Waals surface area contributed by atoms with E-state index in [1.807, 2.05) is 43.9 Å². The number of piperazine rings is 1. The molecule has 2 fully saturated rings. The summed E-state index contributed by atoms with van der Waals surface area (Å²) in [7, 11) is 0. The van der Waals surface area contributed by atoms with Crippen molar-refractivity contribution in [2.75, 3.05) is 39.3 Å². The molecule has 2 aliphatic heterocycles. The summed E-state index contributed by atoms with van der Waals surface area (Å²) in [6.07, 6.45) is 1.72. The molecule has 35 heavy (non-hydrogen) atoms. The van der Waals surface area contributed by atoms with Crippen molar-refractivity contribution < 1.29 is 18.8 Å². The van der Waals surface area contributed by atoms with Crippen LogP contribution in [0.4, 0.5) is 4.79 Å². The largest absolute Gasteiger partial charge is 0.444 e. The summed E-state index contributed by atoms with van der Waals surface area (Å²) < 4.78 is 11.0. The molecule has 0 N–H and O–H groups in total. The van der Waals surface area contributed by atoms with Gasteiger partial charge in [0.05, 0.1) is 6.04 Å². The summed E-state index contributed by atoms with van der Waals surface area (Å²) in [5.41, 5.74) is 0.641. The molecule has 9 nitrogen and oxygen atoms in total. The van der Waals surface area contributed by atoms with E-state index in [0.717, 1.165) is 18.7 Å². The number of benzene rings is 1. The topological polar surface area (TPSA) is 92.0 Å². The molecule has 2 saturated heterocycles. The van der Waals surface area contributed by atoms with Crippen LogP contribution >= 0.6 is 0 Å². The predicted octanol–water partition coefficient (Wildman–Crippen LogP) is 3.51. The zero-order valence-electron chi connectivity index (χ0n) is 21.3. The van der Waals surface area contributed by atoms with Crippen LogP contribution in [0.2, 0.25) is 0 Å². The lowest BCUT2D eigenvalue weighted by atomic mass is 9.95. The highest BCUT2D eigenvalue weighted by molar-refractivity contribution is 5.79. The molecule has 0 spiro atoms. The molecule has 1 aromatic carbocycles. The molecule has 0 radical (unpaired) electrons. The van der Waals surface area contributed by atoms with Crippen molar-refractivity contribution in [1.82, 2.24) is 24.8 Å². The monoisotopic (exact) mass is 483 g/mol. The Bertz CT molecular complexity index is 987. The third kappa shape index (κ3) is 6.60. The van der Waals surface area contributed by atoms with Crippen LogP contribution in [0.25, 0.3) is 0 Å². The van der Waals surface area contributed by atoms with Crippen molar-refractivity contribution in [3.8, 4) is 0 Å². The number of amides is 2. The van der Waals surface area contributed by atoms with Gasteiger partial charge in [0.25, 0.3) is 0 Å². The molecule has 0 bridgehead atoms. The predicted molar refractivity (Wildman–Crippen MR) is 131 cm³/mol. The summed E-state index contributed by atoms with van der Waals surface area (Å²) in [5.74, 6) is 1.47. The second-order valence-corrected chi connectivity index (χ2v) is 10.5. The SMILES string of the molecule is CC(c1nc(Cc2ccccc2)no1)N1CCN(C(=O)C2CCN(C(=O)OC(C)(C)C)CC2)CC1. The Morgan fingerprint density at radius 3 is 2.31 bits per heavy atom. The summed E-state index contributed by atoms with van der Waals surface area (Å²) in [5, 5.41) is 4.16. The summed E-state index contributed by atoms with van der Waals surface area (Å²) in [4.78, 5) is 36.0. The summed E-state index contributed by atoms with van der Waals surface area (Å²) >= 11 is 0. The van der Waals surface area contributed by atoms with E-state index in [4.69, 9.17) is 9.26 Å². The van der Waals surface area contributed by atoms with Crippen LogP contribution in [-0.4, -0.2) is 81.7 Å². The minimum atomic E-state index is -0.509. The van der Waals surface area contributed by atoms with E-state index in [2.05, 4.69) is 34.1 Å². The molecular formula is C26H37N5O4. The number of rotatable bonds is 5. The quantitative estimate of drug-likeness (QED) is 0.643. The van der Waals surface area contributed by atoms with Crippen molar-refractivity contribution in [2.45, 2.75) is 58.6 Å². The van der Waals surface area contributed by atoms with Crippen LogP contribution in [0.5, 0.6) is 0 Å². The summed E-state index contributed by atoms with van der Waals surface area (Å²) in [6, 6.07) is 10.1. The molecule has 0 aliphatic carbocycles. The maximum Gasteiger partial charge on any atom is 0.410 e. The smallest absolute Gasteiger partial charge is 0.410 e. The number of aromatic nitrogens is 2. The Hall–Kier alpha value is -2.94. The van der Waals surface area contributed by atoms with E-state index in [1.54, 1.807) is 4.90 Å². The average molecular weight is 484 g/mol. The van der Waals surface area contributed by atoms with Gasteiger partial charge in [-0.05, 0) is 46.1 Å². The molecule has 3 heterocycles. The molecule has 190 valence electrons. The Morgan fingerprint density at radius 2 is 1.69 bits per heavy atom.